The van der Waals surface area contributed by atoms with Gasteiger partial charge in [-0.3, -0.25) is 9.20 Å². The van der Waals surface area contributed by atoms with Crippen molar-refractivity contribution >= 4 is 39.5 Å². The highest BCUT2D eigenvalue weighted by Gasteiger charge is 2.45. The monoisotopic (exact) mass is 427 g/mol. The molecule has 3 nitrogen and oxygen atoms in total. The van der Waals surface area contributed by atoms with Crippen LogP contribution in [-0.4, -0.2) is 9.38 Å². The van der Waals surface area contributed by atoms with E-state index in [1.54, 1.807) is 16.7 Å². The molecule has 0 aliphatic heterocycles. The first-order valence-corrected chi connectivity index (χ1v) is 12.6. The van der Waals surface area contributed by atoms with E-state index in [9.17, 15) is 4.79 Å². The Bertz CT molecular complexity index is 1230. The SMILES string of the molecule is O=c1cc(C[P+](c2ccccc2)(c2ccccc2)c2ccccc2)nc2sccn12. The van der Waals surface area contributed by atoms with Crippen molar-refractivity contribution in [3.63, 3.8) is 0 Å². The van der Waals surface area contributed by atoms with Crippen molar-refractivity contribution in [3.8, 4) is 0 Å². The molecule has 0 aliphatic carbocycles. The number of fused-ring (bicyclic) bond motifs is 1. The molecule has 0 spiro atoms. The van der Waals surface area contributed by atoms with Crippen LogP contribution in [0.15, 0.2) is 113 Å². The molecular formula is C25H20N2OPS+. The van der Waals surface area contributed by atoms with Gasteiger partial charge in [-0.05, 0) is 36.4 Å². The van der Waals surface area contributed by atoms with Gasteiger partial charge < -0.3 is 0 Å². The summed E-state index contributed by atoms with van der Waals surface area (Å²) in [6.07, 6.45) is 2.49. The fourth-order valence-corrected chi connectivity index (χ4v) is 8.85. The summed E-state index contributed by atoms with van der Waals surface area (Å²) < 4.78 is 1.61. The Morgan fingerprint density at radius 3 is 1.77 bits per heavy atom. The van der Waals surface area contributed by atoms with Crippen molar-refractivity contribution in [2.45, 2.75) is 6.16 Å². The fourth-order valence-electron chi connectivity index (χ4n) is 3.98. The number of hydrogen-bond donors (Lipinski definition) is 0. The third-order valence-corrected chi connectivity index (χ3v) is 10.4. The Morgan fingerprint density at radius 1 is 0.767 bits per heavy atom. The lowest BCUT2D eigenvalue weighted by molar-refractivity contribution is 1.04. The van der Waals surface area contributed by atoms with Gasteiger partial charge in [-0.15, -0.1) is 11.3 Å². The zero-order valence-electron chi connectivity index (χ0n) is 16.3. The lowest BCUT2D eigenvalue weighted by Crippen LogP contribution is -2.33. The van der Waals surface area contributed by atoms with E-state index >= 15 is 0 Å². The molecule has 30 heavy (non-hydrogen) atoms. The van der Waals surface area contributed by atoms with Crippen LogP contribution in [0.2, 0.25) is 0 Å². The average Bonchev–Trinajstić information content (AvgIpc) is 3.29. The molecular weight excluding hydrogens is 407 g/mol. The summed E-state index contributed by atoms with van der Waals surface area (Å²) in [5, 5.41) is 5.77. The number of hydrogen-bond acceptors (Lipinski definition) is 3. The number of benzene rings is 3. The Labute approximate surface area is 179 Å². The molecule has 5 rings (SSSR count). The number of nitrogens with zero attached hydrogens (tertiary/aromatic N) is 2. The largest absolute Gasteiger partial charge is 0.269 e. The smallest absolute Gasteiger partial charge is 0.258 e. The van der Waals surface area contributed by atoms with Crippen molar-refractivity contribution < 1.29 is 0 Å². The molecule has 0 bridgehead atoms. The first-order chi connectivity index (χ1) is 14.8. The molecule has 5 heteroatoms. The van der Waals surface area contributed by atoms with Gasteiger partial charge in [0.15, 0.2) is 4.96 Å². The highest BCUT2D eigenvalue weighted by molar-refractivity contribution is 7.95. The van der Waals surface area contributed by atoms with Crippen molar-refractivity contribution in [1.29, 1.82) is 0 Å². The quantitative estimate of drug-likeness (QED) is 0.393. The molecule has 0 saturated carbocycles. The molecule has 0 radical (unpaired) electrons. The van der Waals surface area contributed by atoms with E-state index < -0.39 is 7.26 Å². The first-order valence-electron chi connectivity index (χ1n) is 9.78. The van der Waals surface area contributed by atoms with E-state index in [0.29, 0.717) is 6.16 Å². The maximum Gasteiger partial charge on any atom is 0.258 e. The predicted octanol–water partition coefficient (Wildman–Crippen LogP) is 4.25. The maximum atomic E-state index is 12.7. The molecule has 5 aromatic rings. The van der Waals surface area contributed by atoms with Gasteiger partial charge in [0, 0.05) is 17.6 Å². The summed E-state index contributed by atoms with van der Waals surface area (Å²) in [6, 6.07) is 33.7. The molecule has 146 valence electrons. The minimum absolute atomic E-state index is 0.0245. The van der Waals surface area contributed by atoms with Crippen LogP contribution in [0.4, 0.5) is 0 Å². The van der Waals surface area contributed by atoms with E-state index in [-0.39, 0.29) is 5.56 Å². The third kappa shape index (κ3) is 3.28. The van der Waals surface area contributed by atoms with Crippen LogP contribution >= 0.6 is 18.6 Å². The predicted molar refractivity (Wildman–Crippen MR) is 128 cm³/mol. The summed E-state index contributed by atoms with van der Waals surface area (Å²) in [5.74, 6) is 0. The maximum absolute atomic E-state index is 12.7. The van der Waals surface area contributed by atoms with E-state index in [1.807, 2.05) is 5.38 Å². The third-order valence-electron chi connectivity index (χ3n) is 5.35. The van der Waals surface area contributed by atoms with Crippen molar-refractivity contribution in [1.82, 2.24) is 9.38 Å². The normalized spacial score (nSPS) is 11.6. The highest BCUT2D eigenvalue weighted by atomic mass is 32.1. The van der Waals surface area contributed by atoms with Crippen LogP contribution in [-0.2, 0) is 6.16 Å². The number of thiazole rings is 1. The van der Waals surface area contributed by atoms with Crippen molar-refractivity contribution in [3.05, 3.63) is 125 Å². The number of rotatable bonds is 5. The van der Waals surface area contributed by atoms with Crippen LogP contribution < -0.4 is 21.5 Å². The Kier molecular flexibility index (Phi) is 5.04. The summed E-state index contributed by atoms with van der Waals surface area (Å²) >= 11 is 1.49. The van der Waals surface area contributed by atoms with Crippen molar-refractivity contribution in [2.75, 3.05) is 0 Å². The summed E-state index contributed by atoms with van der Waals surface area (Å²) in [6.45, 7) is 0. The molecule has 2 aromatic heterocycles. The molecule has 0 fully saturated rings. The summed E-state index contributed by atoms with van der Waals surface area (Å²) in [5.41, 5.74) is 0.816. The average molecular weight is 427 g/mol. The standard InChI is InChI=1S/C25H20N2OPS/c28-24-18-20(26-25-27(24)16-17-30-25)19-29(21-10-4-1-5-11-21,22-12-6-2-7-13-22)23-14-8-3-9-15-23/h1-18H,19H2/q+1. The second-order valence-corrected chi connectivity index (χ2v) is 11.5. The molecule has 0 unspecified atom stereocenters. The van der Waals surface area contributed by atoms with Gasteiger partial charge in [-0.2, -0.15) is 0 Å². The van der Waals surface area contributed by atoms with Crippen LogP contribution in [0.3, 0.4) is 0 Å². The van der Waals surface area contributed by atoms with Gasteiger partial charge >= 0.3 is 0 Å². The van der Waals surface area contributed by atoms with Crippen LogP contribution in [0.1, 0.15) is 5.69 Å². The topological polar surface area (TPSA) is 34.4 Å². The lowest BCUT2D eigenvalue weighted by Gasteiger charge is -2.27. The van der Waals surface area contributed by atoms with E-state index in [1.165, 1.54) is 27.3 Å². The molecule has 3 aromatic carbocycles. The first kappa shape index (κ1) is 18.9. The van der Waals surface area contributed by atoms with Crippen LogP contribution in [0.25, 0.3) is 4.96 Å². The second kappa shape index (κ2) is 7.98. The summed E-state index contributed by atoms with van der Waals surface area (Å²) in [7, 11) is -2.06. The number of aromatic nitrogens is 2. The Morgan fingerprint density at radius 2 is 1.27 bits per heavy atom. The molecule has 0 atom stereocenters. The molecule has 0 N–H and O–H groups in total. The molecule has 0 amide bonds. The van der Waals surface area contributed by atoms with Gasteiger partial charge in [0.25, 0.3) is 5.56 Å². The molecule has 0 saturated heterocycles. The molecule has 2 heterocycles. The van der Waals surface area contributed by atoms with Gasteiger partial charge in [0.1, 0.15) is 29.3 Å². The summed E-state index contributed by atoms with van der Waals surface area (Å²) in [4.78, 5) is 18.3. The van der Waals surface area contributed by atoms with Crippen LogP contribution in [0, 0.1) is 0 Å². The van der Waals surface area contributed by atoms with E-state index in [0.717, 1.165) is 10.7 Å². The second-order valence-electron chi connectivity index (χ2n) is 7.12. The van der Waals surface area contributed by atoms with Gasteiger partial charge in [-0.1, -0.05) is 54.6 Å². The Hall–Kier alpha value is -3.07. The Balaban J connectivity index is 1.80. The highest BCUT2D eigenvalue weighted by Crippen LogP contribution is 2.57. The minimum atomic E-state index is -2.06. The lowest BCUT2D eigenvalue weighted by atomic mass is 10.3. The van der Waals surface area contributed by atoms with Crippen molar-refractivity contribution in [2.24, 2.45) is 0 Å². The fraction of sp³-hybridized carbons (Fsp3) is 0.0400. The van der Waals surface area contributed by atoms with Gasteiger partial charge in [-0.25, -0.2) is 4.98 Å². The molecule has 0 aliphatic rings. The zero-order chi connectivity index (χ0) is 20.4. The van der Waals surface area contributed by atoms with E-state index in [4.69, 9.17) is 4.98 Å². The minimum Gasteiger partial charge on any atom is -0.269 e. The van der Waals surface area contributed by atoms with E-state index in [2.05, 4.69) is 91.0 Å². The zero-order valence-corrected chi connectivity index (χ0v) is 18.0. The van der Waals surface area contributed by atoms with Crippen LogP contribution in [0.5, 0.6) is 0 Å². The van der Waals surface area contributed by atoms with Gasteiger partial charge in [0.05, 0.1) is 5.69 Å². The van der Waals surface area contributed by atoms with Gasteiger partial charge in [0.2, 0.25) is 0 Å².